The van der Waals surface area contributed by atoms with Crippen molar-refractivity contribution in [3.05, 3.63) is 69.2 Å². The number of amides is 1. The summed E-state index contributed by atoms with van der Waals surface area (Å²) >= 11 is 10.3. The van der Waals surface area contributed by atoms with Crippen molar-refractivity contribution in [1.82, 2.24) is 4.90 Å². The number of ether oxygens (including phenoxy) is 4. The van der Waals surface area contributed by atoms with Gasteiger partial charge < -0.3 is 34.9 Å². The van der Waals surface area contributed by atoms with Gasteiger partial charge in [0.2, 0.25) is 0 Å². The summed E-state index contributed by atoms with van der Waals surface area (Å²) in [5, 5.41) is 19.9. The van der Waals surface area contributed by atoms with E-state index < -0.39 is 24.0 Å². The number of β-amino-alcohol motifs (C(OH)–C–C–N with tert-alkyl or cyclic N) is 1. The zero-order chi connectivity index (χ0) is 29.1. The molecule has 216 valence electrons. The minimum Gasteiger partial charge on any atom is -0.487 e. The van der Waals surface area contributed by atoms with Crippen LogP contribution in [-0.2, 0) is 22.7 Å². The smallest absolute Gasteiger partial charge is 0.321 e. The molecule has 2 heterocycles. The predicted octanol–water partition coefficient (Wildman–Crippen LogP) is 4.00. The number of hydrogen-bond acceptors (Lipinski definition) is 8. The molecule has 1 unspecified atom stereocenters. The van der Waals surface area contributed by atoms with Crippen LogP contribution in [0.5, 0.6) is 23.0 Å². The molecule has 41 heavy (non-hydrogen) atoms. The standard InChI is InChI=1S/C29H28BrClN2O8/c30-28-17(2-1-3-20(28)16-4-5-23-26(9-16)39-7-6-38-23)14-40-25-11-24(41-15-27(32)35)18(8-21(25)31)12-33-13-19(34)10-22(33)29(36)37/h1-5,8-9,11,19,22,34H,6-7,10,12-15H2,(H2,32,35)(H,36,37)/t19?,22-/m0/s1. The second-order valence-electron chi connectivity index (χ2n) is 9.74. The molecule has 0 aliphatic carbocycles. The highest BCUT2D eigenvalue weighted by molar-refractivity contribution is 9.10. The molecule has 3 aromatic carbocycles. The molecule has 2 atom stereocenters. The number of aliphatic hydroxyl groups excluding tert-OH is 1. The van der Waals surface area contributed by atoms with E-state index in [1.165, 1.54) is 0 Å². The van der Waals surface area contributed by atoms with Crippen LogP contribution in [0.25, 0.3) is 11.1 Å². The number of carboxylic acids is 1. The summed E-state index contributed by atoms with van der Waals surface area (Å²) in [6.07, 6.45) is -0.650. The number of nitrogens with two attached hydrogens (primary N) is 1. The number of carbonyl (C=O) groups excluding carboxylic acids is 1. The molecule has 1 amide bonds. The highest BCUT2D eigenvalue weighted by atomic mass is 79.9. The number of halogens is 2. The zero-order valence-corrected chi connectivity index (χ0v) is 24.2. The first-order valence-corrected chi connectivity index (χ1v) is 14.1. The highest BCUT2D eigenvalue weighted by Gasteiger charge is 2.36. The molecular formula is C29H28BrClN2O8. The summed E-state index contributed by atoms with van der Waals surface area (Å²) in [5.74, 6) is 0.281. The van der Waals surface area contributed by atoms with Crippen molar-refractivity contribution in [2.24, 2.45) is 5.73 Å². The summed E-state index contributed by atoms with van der Waals surface area (Å²) in [6.45, 7) is 1.10. The topological polar surface area (TPSA) is 141 Å². The van der Waals surface area contributed by atoms with E-state index >= 15 is 0 Å². The van der Waals surface area contributed by atoms with Crippen LogP contribution >= 0.6 is 27.5 Å². The number of nitrogens with zero attached hydrogens (tertiary/aromatic N) is 1. The van der Waals surface area contributed by atoms with Gasteiger partial charge in [0.15, 0.2) is 18.1 Å². The van der Waals surface area contributed by atoms with Gasteiger partial charge in [-0.1, -0.05) is 35.9 Å². The van der Waals surface area contributed by atoms with Crippen LogP contribution in [0.4, 0.5) is 0 Å². The summed E-state index contributed by atoms with van der Waals surface area (Å²) < 4.78 is 23.9. The molecule has 0 radical (unpaired) electrons. The maximum Gasteiger partial charge on any atom is 0.321 e. The average molecular weight is 648 g/mol. The lowest BCUT2D eigenvalue weighted by Gasteiger charge is -2.23. The molecule has 5 rings (SSSR count). The van der Waals surface area contributed by atoms with Gasteiger partial charge >= 0.3 is 5.97 Å². The van der Waals surface area contributed by atoms with Gasteiger partial charge in [-0.2, -0.15) is 0 Å². The molecule has 4 N–H and O–H groups in total. The van der Waals surface area contributed by atoms with Crippen LogP contribution in [0.15, 0.2) is 53.0 Å². The van der Waals surface area contributed by atoms with E-state index in [0.29, 0.717) is 36.0 Å². The number of benzene rings is 3. The van der Waals surface area contributed by atoms with Crippen LogP contribution in [0.1, 0.15) is 17.5 Å². The van der Waals surface area contributed by atoms with E-state index in [1.807, 2.05) is 36.4 Å². The molecule has 0 bridgehead atoms. The predicted molar refractivity (Wildman–Crippen MR) is 153 cm³/mol. The van der Waals surface area contributed by atoms with Crippen LogP contribution in [0, 0.1) is 0 Å². The fourth-order valence-corrected chi connectivity index (χ4v) is 5.75. The third-order valence-electron chi connectivity index (χ3n) is 6.84. The summed E-state index contributed by atoms with van der Waals surface area (Å²) in [6, 6.07) is 13.9. The maximum atomic E-state index is 11.7. The lowest BCUT2D eigenvalue weighted by molar-refractivity contribution is -0.142. The number of rotatable bonds is 10. The normalized spacial score (nSPS) is 18.2. The van der Waals surface area contributed by atoms with E-state index in [0.717, 1.165) is 21.2 Å². The fourth-order valence-electron chi connectivity index (χ4n) is 4.90. The fraction of sp³-hybridized carbons (Fsp3) is 0.310. The number of fused-ring (bicyclic) bond motifs is 1. The van der Waals surface area contributed by atoms with Crippen molar-refractivity contribution in [1.29, 1.82) is 0 Å². The van der Waals surface area contributed by atoms with Gasteiger partial charge in [-0.15, -0.1) is 0 Å². The molecule has 1 fully saturated rings. The number of aliphatic hydroxyl groups is 1. The molecule has 2 aliphatic rings. The second-order valence-corrected chi connectivity index (χ2v) is 10.9. The van der Waals surface area contributed by atoms with Crippen molar-refractivity contribution in [3.8, 4) is 34.1 Å². The first-order valence-electron chi connectivity index (χ1n) is 12.9. The van der Waals surface area contributed by atoms with Gasteiger partial charge in [0.1, 0.15) is 37.4 Å². The van der Waals surface area contributed by atoms with Crippen molar-refractivity contribution >= 4 is 39.4 Å². The molecule has 3 aromatic rings. The van der Waals surface area contributed by atoms with E-state index in [9.17, 15) is 19.8 Å². The molecule has 10 nitrogen and oxygen atoms in total. The quantitative estimate of drug-likeness (QED) is 0.298. The van der Waals surface area contributed by atoms with Gasteiger partial charge in [-0.3, -0.25) is 14.5 Å². The Labute approximate surface area is 249 Å². The van der Waals surface area contributed by atoms with E-state index in [-0.39, 0.29) is 43.5 Å². The minimum atomic E-state index is -1.03. The number of carboxylic acid groups (broad SMARTS) is 1. The summed E-state index contributed by atoms with van der Waals surface area (Å²) in [5.41, 5.74) is 8.56. The Morgan fingerprint density at radius 3 is 2.59 bits per heavy atom. The lowest BCUT2D eigenvalue weighted by Crippen LogP contribution is -2.35. The van der Waals surface area contributed by atoms with Crippen LogP contribution in [-0.4, -0.2) is 65.5 Å². The SMILES string of the molecule is NC(=O)COc1cc(OCc2cccc(-c3ccc4c(c3)OCCO4)c2Br)c(Cl)cc1CN1CC(O)C[C@H]1C(=O)O. The van der Waals surface area contributed by atoms with Crippen molar-refractivity contribution < 1.29 is 38.7 Å². The minimum absolute atomic E-state index is 0.113. The Balaban J connectivity index is 1.37. The summed E-state index contributed by atoms with van der Waals surface area (Å²) in [4.78, 5) is 24.7. The van der Waals surface area contributed by atoms with E-state index in [2.05, 4.69) is 15.9 Å². The largest absolute Gasteiger partial charge is 0.487 e. The Bertz CT molecular complexity index is 1470. The van der Waals surface area contributed by atoms with Crippen LogP contribution in [0.3, 0.4) is 0 Å². The molecule has 12 heteroatoms. The maximum absolute atomic E-state index is 11.7. The molecule has 1 saturated heterocycles. The van der Waals surface area contributed by atoms with Crippen LogP contribution in [0.2, 0.25) is 5.02 Å². The molecule has 0 aromatic heterocycles. The molecule has 2 aliphatic heterocycles. The first kappa shape index (κ1) is 29.0. The van der Waals surface area contributed by atoms with Gasteiger partial charge in [-0.25, -0.2) is 0 Å². The first-order chi connectivity index (χ1) is 19.7. The van der Waals surface area contributed by atoms with Gasteiger partial charge in [0.05, 0.1) is 11.1 Å². The van der Waals surface area contributed by atoms with Gasteiger partial charge in [0.25, 0.3) is 5.91 Å². The second kappa shape index (κ2) is 12.6. The lowest BCUT2D eigenvalue weighted by atomic mass is 10.0. The van der Waals surface area contributed by atoms with Crippen molar-refractivity contribution in [3.63, 3.8) is 0 Å². The number of likely N-dealkylation sites (tertiary alicyclic amines) is 1. The molecule has 0 saturated carbocycles. The van der Waals surface area contributed by atoms with Crippen molar-refractivity contribution in [2.75, 3.05) is 26.4 Å². The van der Waals surface area contributed by atoms with E-state index in [4.69, 9.17) is 36.3 Å². The van der Waals surface area contributed by atoms with Gasteiger partial charge in [-0.05, 0) is 45.3 Å². The third kappa shape index (κ3) is 6.70. The molecular weight excluding hydrogens is 620 g/mol. The van der Waals surface area contributed by atoms with Crippen LogP contribution < -0.4 is 24.7 Å². The Morgan fingerprint density at radius 2 is 1.83 bits per heavy atom. The monoisotopic (exact) mass is 646 g/mol. The third-order valence-corrected chi connectivity index (χ3v) is 8.07. The number of primary amides is 1. The number of carbonyl (C=O) groups is 2. The molecule has 0 spiro atoms. The number of hydrogen-bond donors (Lipinski definition) is 3. The average Bonchev–Trinajstić information content (AvgIpc) is 3.32. The Morgan fingerprint density at radius 1 is 1.05 bits per heavy atom. The number of aliphatic carboxylic acids is 1. The highest BCUT2D eigenvalue weighted by Crippen LogP contribution is 2.39. The Kier molecular flexibility index (Phi) is 8.88. The summed E-state index contributed by atoms with van der Waals surface area (Å²) in [7, 11) is 0. The zero-order valence-electron chi connectivity index (χ0n) is 21.8. The van der Waals surface area contributed by atoms with E-state index in [1.54, 1.807) is 17.0 Å². The Hall–Kier alpha value is -3.51. The van der Waals surface area contributed by atoms with Gasteiger partial charge in [0, 0.05) is 41.2 Å². The van der Waals surface area contributed by atoms with Crippen molar-refractivity contribution in [2.45, 2.75) is 31.7 Å².